The molecule has 34 heavy (non-hydrogen) atoms. The molecule has 1 fully saturated rings. The Bertz CT molecular complexity index is 1200. The molecule has 3 heterocycles. The number of nitrogens with zero attached hydrogens (tertiary/aromatic N) is 4. The molecule has 178 valence electrons. The van der Waals surface area contributed by atoms with Gasteiger partial charge in [0.1, 0.15) is 11.4 Å². The lowest BCUT2D eigenvalue weighted by atomic mass is 9.87. The molecule has 0 radical (unpaired) electrons. The van der Waals surface area contributed by atoms with E-state index in [0.29, 0.717) is 30.9 Å². The molecule has 0 aliphatic carbocycles. The van der Waals surface area contributed by atoms with Gasteiger partial charge in [-0.25, -0.2) is 19.7 Å². The highest BCUT2D eigenvalue weighted by molar-refractivity contribution is 7.19. The van der Waals surface area contributed by atoms with Crippen molar-refractivity contribution in [3.8, 4) is 10.6 Å². The lowest BCUT2D eigenvalue weighted by molar-refractivity contribution is -0.127. The number of thiazole rings is 1. The fraction of sp³-hybridized carbons (Fsp3) is 0.400. The van der Waals surface area contributed by atoms with Crippen LogP contribution in [0.5, 0.6) is 0 Å². The molecule has 3 N–H and O–H groups in total. The standard InChI is InChI=1S/C25H30N6O2S/c1-16-19(18-11-13-27-21(29-18)24(2,3)4)34-22(28-16)30-23(33)31-14-8-12-25(31,20(26)32)15-17-9-6-5-7-10-17/h5-7,9-11,13H,8,12,14-15H2,1-4H3,(H2,26,32)(H,28,30,33)/t25-/m0/s1. The van der Waals surface area contributed by atoms with Gasteiger partial charge in [-0.15, -0.1) is 0 Å². The molecule has 1 atom stereocenters. The van der Waals surface area contributed by atoms with Crippen LogP contribution in [0.2, 0.25) is 0 Å². The van der Waals surface area contributed by atoms with Gasteiger partial charge in [0.25, 0.3) is 0 Å². The lowest BCUT2D eigenvalue weighted by Gasteiger charge is -2.35. The SMILES string of the molecule is Cc1nc(NC(=O)N2CCC[C@]2(Cc2ccccc2)C(N)=O)sc1-c1ccnc(C(C)(C)C)n1. The molecule has 0 bridgehead atoms. The van der Waals surface area contributed by atoms with Crippen LogP contribution in [0, 0.1) is 6.92 Å². The number of nitrogens with one attached hydrogen (secondary N) is 1. The van der Waals surface area contributed by atoms with E-state index in [1.165, 1.54) is 11.3 Å². The summed E-state index contributed by atoms with van der Waals surface area (Å²) in [5, 5.41) is 3.36. The number of anilines is 1. The van der Waals surface area contributed by atoms with Gasteiger partial charge in [-0.3, -0.25) is 10.1 Å². The fourth-order valence-corrected chi connectivity index (χ4v) is 5.25. The molecule has 1 aliphatic rings. The van der Waals surface area contributed by atoms with Crippen LogP contribution in [-0.2, 0) is 16.6 Å². The lowest BCUT2D eigenvalue weighted by Crippen LogP contribution is -2.58. The first kappa shape index (κ1) is 23.8. The number of aryl methyl sites for hydroxylation is 1. The zero-order valence-corrected chi connectivity index (χ0v) is 20.8. The van der Waals surface area contributed by atoms with Gasteiger partial charge in [-0.05, 0) is 31.4 Å². The van der Waals surface area contributed by atoms with Crippen molar-refractivity contribution in [3.05, 3.63) is 59.7 Å². The van der Waals surface area contributed by atoms with E-state index in [0.717, 1.165) is 27.7 Å². The molecule has 1 aromatic carbocycles. The quantitative estimate of drug-likeness (QED) is 0.567. The molecular formula is C25H30N6O2S. The molecule has 9 heteroatoms. The highest BCUT2D eigenvalue weighted by Crippen LogP contribution is 2.36. The number of aromatic nitrogens is 3. The van der Waals surface area contributed by atoms with Crippen LogP contribution in [0.3, 0.4) is 0 Å². The van der Waals surface area contributed by atoms with Gasteiger partial charge in [0, 0.05) is 24.6 Å². The zero-order valence-electron chi connectivity index (χ0n) is 20.0. The van der Waals surface area contributed by atoms with Gasteiger partial charge < -0.3 is 10.6 Å². The number of urea groups is 1. The summed E-state index contributed by atoms with van der Waals surface area (Å²) in [6.45, 7) is 8.54. The maximum atomic E-state index is 13.3. The number of nitrogens with two attached hydrogens (primary N) is 1. The van der Waals surface area contributed by atoms with Crippen molar-refractivity contribution in [2.45, 2.75) is 57.9 Å². The molecule has 0 spiro atoms. The van der Waals surface area contributed by atoms with Crippen LogP contribution >= 0.6 is 11.3 Å². The molecule has 3 aromatic rings. The van der Waals surface area contributed by atoms with E-state index in [4.69, 9.17) is 10.7 Å². The predicted octanol–water partition coefficient (Wildman–Crippen LogP) is 4.30. The molecule has 2 aromatic heterocycles. The number of hydrogen-bond acceptors (Lipinski definition) is 6. The van der Waals surface area contributed by atoms with E-state index >= 15 is 0 Å². The van der Waals surface area contributed by atoms with Crippen LogP contribution in [0.15, 0.2) is 42.6 Å². The number of primary amides is 1. The van der Waals surface area contributed by atoms with Gasteiger partial charge in [-0.2, -0.15) is 0 Å². The predicted molar refractivity (Wildman–Crippen MR) is 134 cm³/mol. The van der Waals surface area contributed by atoms with Crippen LogP contribution in [-0.4, -0.2) is 43.9 Å². The van der Waals surface area contributed by atoms with Gasteiger partial charge in [0.15, 0.2) is 5.13 Å². The molecular weight excluding hydrogens is 448 g/mol. The number of hydrogen-bond donors (Lipinski definition) is 2. The van der Waals surface area contributed by atoms with E-state index < -0.39 is 11.4 Å². The van der Waals surface area contributed by atoms with Gasteiger partial charge in [-0.1, -0.05) is 62.4 Å². The Balaban J connectivity index is 1.58. The Morgan fingerprint density at radius 3 is 2.59 bits per heavy atom. The fourth-order valence-electron chi connectivity index (χ4n) is 4.33. The van der Waals surface area contributed by atoms with Crippen molar-refractivity contribution < 1.29 is 9.59 Å². The second-order valence-electron chi connectivity index (χ2n) is 9.69. The number of amides is 3. The van der Waals surface area contributed by atoms with Crippen LogP contribution in [0.1, 0.15) is 50.7 Å². The first-order valence-electron chi connectivity index (χ1n) is 11.3. The number of likely N-dealkylation sites (tertiary alicyclic amines) is 1. The van der Waals surface area contributed by atoms with Crippen LogP contribution < -0.4 is 11.1 Å². The molecule has 0 saturated carbocycles. The van der Waals surface area contributed by atoms with Crippen LogP contribution in [0.4, 0.5) is 9.93 Å². The summed E-state index contributed by atoms with van der Waals surface area (Å²) in [5.74, 6) is 0.253. The third kappa shape index (κ3) is 4.65. The van der Waals surface area contributed by atoms with E-state index in [2.05, 4.69) is 36.1 Å². The minimum Gasteiger partial charge on any atom is -0.368 e. The Morgan fingerprint density at radius 2 is 1.91 bits per heavy atom. The van der Waals surface area contributed by atoms with Gasteiger partial charge >= 0.3 is 6.03 Å². The van der Waals surface area contributed by atoms with E-state index in [-0.39, 0.29) is 11.4 Å². The summed E-state index contributed by atoms with van der Waals surface area (Å²) in [5.41, 5.74) is 7.13. The maximum Gasteiger partial charge on any atom is 0.324 e. The minimum atomic E-state index is -1.06. The highest BCUT2D eigenvalue weighted by atomic mass is 32.1. The van der Waals surface area contributed by atoms with Crippen molar-refractivity contribution in [3.63, 3.8) is 0 Å². The third-order valence-electron chi connectivity index (χ3n) is 6.10. The molecule has 8 nitrogen and oxygen atoms in total. The second kappa shape index (κ2) is 9.13. The maximum absolute atomic E-state index is 13.3. The van der Waals surface area contributed by atoms with E-state index in [1.807, 2.05) is 43.3 Å². The number of carbonyl (C=O) groups excluding carboxylic acids is 2. The highest BCUT2D eigenvalue weighted by Gasteiger charge is 2.48. The largest absolute Gasteiger partial charge is 0.368 e. The average Bonchev–Trinajstić information content (AvgIpc) is 3.38. The molecule has 3 amide bonds. The summed E-state index contributed by atoms with van der Waals surface area (Å²) < 4.78 is 0. The Morgan fingerprint density at radius 1 is 1.18 bits per heavy atom. The summed E-state index contributed by atoms with van der Waals surface area (Å²) in [4.78, 5) is 42.0. The number of rotatable bonds is 5. The first-order valence-corrected chi connectivity index (χ1v) is 12.2. The third-order valence-corrected chi connectivity index (χ3v) is 7.20. The smallest absolute Gasteiger partial charge is 0.324 e. The molecule has 4 rings (SSSR count). The Labute approximate surface area is 203 Å². The van der Waals surface area contributed by atoms with Crippen molar-refractivity contribution in [2.75, 3.05) is 11.9 Å². The van der Waals surface area contributed by atoms with Gasteiger partial charge in [0.2, 0.25) is 5.91 Å². The van der Waals surface area contributed by atoms with Crippen molar-refractivity contribution in [1.29, 1.82) is 0 Å². The van der Waals surface area contributed by atoms with Gasteiger partial charge in [0.05, 0.1) is 16.3 Å². The summed E-state index contributed by atoms with van der Waals surface area (Å²) in [7, 11) is 0. The second-order valence-corrected chi connectivity index (χ2v) is 10.7. The number of carbonyl (C=O) groups is 2. The Hall–Kier alpha value is -3.33. The summed E-state index contributed by atoms with van der Waals surface area (Å²) in [6.07, 6.45) is 3.37. The zero-order chi connectivity index (χ0) is 24.5. The minimum absolute atomic E-state index is 0.182. The summed E-state index contributed by atoms with van der Waals surface area (Å²) >= 11 is 1.36. The molecule has 1 saturated heterocycles. The topological polar surface area (TPSA) is 114 Å². The summed E-state index contributed by atoms with van der Waals surface area (Å²) in [6, 6.07) is 11.1. The first-order chi connectivity index (χ1) is 16.1. The van der Waals surface area contributed by atoms with Crippen molar-refractivity contribution in [1.82, 2.24) is 19.9 Å². The monoisotopic (exact) mass is 478 g/mol. The normalized spacial score (nSPS) is 18.2. The van der Waals surface area contributed by atoms with E-state index in [9.17, 15) is 9.59 Å². The number of benzene rings is 1. The Kier molecular flexibility index (Phi) is 6.40. The molecule has 0 unspecified atom stereocenters. The molecule has 1 aliphatic heterocycles. The van der Waals surface area contributed by atoms with E-state index in [1.54, 1.807) is 11.1 Å². The van der Waals surface area contributed by atoms with Crippen molar-refractivity contribution >= 4 is 28.4 Å². The average molecular weight is 479 g/mol. The van der Waals surface area contributed by atoms with Crippen molar-refractivity contribution in [2.24, 2.45) is 5.73 Å². The van der Waals surface area contributed by atoms with Crippen LogP contribution in [0.25, 0.3) is 10.6 Å².